The van der Waals surface area contributed by atoms with Gasteiger partial charge in [0.05, 0.1) is 5.56 Å². The standard InChI is InChI=1S/C15H18N2O2S/c1-16-4-6-17(7-5-16)10-13-9-12-8-11(15(18)19)2-3-14(12)20-13/h2-3,8-9H,4-7,10H2,1H3,(H,18,19). The fraction of sp³-hybridized carbons (Fsp3) is 0.400. The molecule has 20 heavy (non-hydrogen) atoms. The molecule has 1 aliphatic heterocycles. The zero-order valence-corrected chi connectivity index (χ0v) is 12.3. The molecule has 2 heterocycles. The first kappa shape index (κ1) is 13.5. The van der Waals surface area contributed by atoms with Crippen molar-refractivity contribution in [2.45, 2.75) is 6.54 Å². The maximum absolute atomic E-state index is 11.0. The number of hydrogen-bond acceptors (Lipinski definition) is 4. The molecule has 0 atom stereocenters. The Bertz CT molecular complexity index is 630. The first-order valence-corrected chi connectivity index (χ1v) is 7.60. The molecule has 1 aromatic carbocycles. The summed E-state index contributed by atoms with van der Waals surface area (Å²) in [6.07, 6.45) is 0. The highest BCUT2D eigenvalue weighted by atomic mass is 32.1. The zero-order valence-electron chi connectivity index (χ0n) is 11.5. The number of piperazine rings is 1. The van der Waals surface area contributed by atoms with Crippen LogP contribution in [0.5, 0.6) is 0 Å². The number of aromatic carboxylic acids is 1. The summed E-state index contributed by atoms with van der Waals surface area (Å²) < 4.78 is 1.17. The van der Waals surface area contributed by atoms with E-state index in [4.69, 9.17) is 5.11 Å². The third kappa shape index (κ3) is 2.85. The van der Waals surface area contributed by atoms with Crippen molar-refractivity contribution in [1.82, 2.24) is 9.80 Å². The summed E-state index contributed by atoms with van der Waals surface area (Å²) in [7, 11) is 2.16. The molecule has 0 amide bonds. The van der Waals surface area contributed by atoms with Crippen molar-refractivity contribution in [1.29, 1.82) is 0 Å². The summed E-state index contributed by atoms with van der Waals surface area (Å²) in [5, 5.41) is 10.1. The lowest BCUT2D eigenvalue weighted by atomic mass is 10.1. The minimum atomic E-state index is -0.862. The molecule has 0 saturated carbocycles. The first-order chi connectivity index (χ1) is 9.61. The highest BCUT2D eigenvalue weighted by Crippen LogP contribution is 2.27. The summed E-state index contributed by atoms with van der Waals surface area (Å²) in [5.74, 6) is -0.862. The van der Waals surface area contributed by atoms with Crippen LogP contribution < -0.4 is 0 Å². The average molecular weight is 290 g/mol. The molecule has 3 rings (SSSR count). The zero-order chi connectivity index (χ0) is 14.1. The minimum absolute atomic E-state index is 0.362. The number of carbonyl (C=O) groups is 1. The summed E-state index contributed by atoms with van der Waals surface area (Å²) in [4.78, 5) is 17.1. The number of thiophene rings is 1. The van der Waals surface area contributed by atoms with Crippen LogP contribution in [0.25, 0.3) is 10.1 Å². The number of nitrogens with zero attached hydrogens (tertiary/aromatic N) is 2. The van der Waals surface area contributed by atoms with Crippen molar-refractivity contribution in [3.63, 3.8) is 0 Å². The number of rotatable bonds is 3. The molecule has 1 aromatic heterocycles. The summed E-state index contributed by atoms with van der Waals surface area (Å²) >= 11 is 1.76. The van der Waals surface area contributed by atoms with E-state index in [0.717, 1.165) is 38.1 Å². The molecule has 0 spiro atoms. The topological polar surface area (TPSA) is 43.8 Å². The van der Waals surface area contributed by atoms with Gasteiger partial charge in [-0.25, -0.2) is 4.79 Å². The predicted molar refractivity (Wildman–Crippen MR) is 81.6 cm³/mol. The fourth-order valence-corrected chi connectivity index (χ4v) is 3.62. The molecule has 1 N–H and O–H groups in total. The van der Waals surface area contributed by atoms with E-state index in [1.807, 2.05) is 6.07 Å². The Labute approximate surface area is 122 Å². The number of carboxylic acids is 1. The summed E-state index contributed by atoms with van der Waals surface area (Å²) in [6.45, 7) is 5.41. The molecule has 2 aromatic rings. The molecule has 1 aliphatic rings. The third-order valence-electron chi connectivity index (χ3n) is 3.79. The van der Waals surface area contributed by atoms with Gasteiger partial charge in [-0.05, 0) is 36.7 Å². The quantitative estimate of drug-likeness (QED) is 0.942. The van der Waals surface area contributed by atoms with Crippen molar-refractivity contribution >= 4 is 27.4 Å². The van der Waals surface area contributed by atoms with Gasteiger partial charge in [0.15, 0.2) is 0 Å². The van der Waals surface area contributed by atoms with E-state index in [-0.39, 0.29) is 0 Å². The Morgan fingerprint density at radius 1 is 1.25 bits per heavy atom. The smallest absolute Gasteiger partial charge is 0.335 e. The van der Waals surface area contributed by atoms with Gasteiger partial charge in [-0.2, -0.15) is 0 Å². The second-order valence-corrected chi connectivity index (χ2v) is 6.52. The molecule has 1 saturated heterocycles. The summed E-state index contributed by atoms with van der Waals surface area (Å²) in [5.41, 5.74) is 0.362. The molecule has 0 bridgehead atoms. The van der Waals surface area contributed by atoms with Gasteiger partial charge in [0.2, 0.25) is 0 Å². The fourth-order valence-electron chi connectivity index (χ4n) is 2.54. The third-order valence-corrected chi connectivity index (χ3v) is 4.89. The highest BCUT2D eigenvalue weighted by Gasteiger charge is 2.15. The van der Waals surface area contributed by atoms with Crippen molar-refractivity contribution in [3.05, 3.63) is 34.7 Å². The van der Waals surface area contributed by atoms with Crippen LogP contribution in [0.2, 0.25) is 0 Å². The predicted octanol–water partition coefficient (Wildman–Crippen LogP) is 2.35. The molecular formula is C15H18N2O2S. The Morgan fingerprint density at radius 2 is 2.00 bits per heavy atom. The van der Waals surface area contributed by atoms with Crippen LogP contribution in [0, 0.1) is 0 Å². The van der Waals surface area contributed by atoms with E-state index in [1.54, 1.807) is 23.5 Å². The lowest BCUT2D eigenvalue weighted by molar-refractivity contribution is 0.0697. The first-order valence-electron chi connectivity index (χ1n) is 6.78. The average Bonchev–Trinajstić information content (AvgIpc) is 2.82. The van der Waals surface area contributed by atoms with E-state index in [9.17, 15) is 4.79 Å². The second kappa shape index (κ2) is 5.52. The van der Waals surface area contributed by atoms with E-state index >= 15 is 0 Å². The van der Waals surface area contributed by atoms with E-state index in [0.29, 0.717) is 5.56 Å². The molecule has 0 radical (unpaired) electrons. The molecule has 0 aliphatic carbocycles. The van der Waals surface area contributed by atoms with Crippen LogP contribution in [0.3, 0.4) is 0 Å². The number of carboxylic acid groups (broad SMARTS) is 1. The number of benzene rings is 1. The highest BCUT2D eigenvalue weighted by molar-refractivity contribution is 7.19. The van der Waals surface area contributed by atoms with Gasteiger partial charge in [-0.15, -0.1) is 11.3 Å². The monoisotopic (exact) mass is 290 g/mol. The molecular weight excluding hydrogens is 272 g/mol. The van der Waals surface area contributed by atoms with E-state index in [1.165, 1.54) is 9.58 Å². The maximum Gasteiger partial charge on any atom is 0.335 e. The van der Waals surface area contributed by atoms with Crippen molar-refractivity contribution in [2.24, 2.45) is 0 Å². The molecule has 4 nitrogen and oxygen atoms in total. The van der Waals surface area contributed by atoms with E-state index in [2.05, 4.69) is 22.9 Å². The van der Waals surface area contributed by atoms with Crippen LogP contribution in [0.4, 0.5) is 0 Å². The minimum Gasteiger partial charge on any atom is -0.478 e. The lowest BCUT2D eigenvalue weighted by Crippen LogP contribution is -2.43. The van der Waals surface area contributed by atoms with Gasteiger partial charge in [-0.1, -0.05) is 0 Å². The van der Waals surface area contributed by atoms with Crippen molar-refractivity contribution in [2.75, 3.05) is 33.2 Å². The Kier molecular flexibility index (Phi) is 3.74. The van der Waals surface area contributed by atoms with Crippen molar-refractivity contribution in [3.8, 4) is 0 Å². The SMILES string of the molecule is CN1CCN(Cc2cc3cc(C(=O)O)ccc3s2)CC1. The number of hydrogen-bond donors (Lipinski definition) is 1. The van der Waals surface area contributed by atoms with Crippen LogP contribution in [0.15, 0.2) is 24.3 Å². The molecule has 1 fully saturated rings. The Morgan fingerprint density at radius 3 is 2.70 bits per heavy atom. The van der Waals surface area contributed by atoms with Gasteiger partial charge in [0.25, 0.3) is 0 Å². The van der Waals surface area contributed by atoms with Gasteiger partial charge in [0.1, 0.15) is 0 Å². The second-order valence-electron chi connectivity index (χ2n) is 5.35. The Hall–Kier alpha value is -1.43. The summed E-state index contributed by atoms with van der Waals surface area (Å²) in [6, 6.07) is 7.49. The van der Waals surface area contributed by atoms with Crippen LogP contribution in [0.1, 0.15) is 15.2 Å². The van der Waals surface area contributed by atoms with Gasteiger partial charge in [0, 0.05) is 42.3 Å². The number of fused-ring (bicyclic) bond motifs is 1. The van der Waals surface area contributed by atoms with E-state index < -0.39 is 5.97 Å². The van der Waals surface area contributed by atoms with Gasteiger partial charge < -0.3 is 10.0 Å². The maximum atomic E-state index is 11.0. The van der Waals surface area contributed by atoms with Crippen LogP contribution in [-0.4, -0.2) is 54.1 Å². The number of likely N-dealkylation sites (N-methyl/N-ethyl adjacent to an activating group) is 1. The molecule has 5 heteroatoms. The van der Waals surface area contributed by atoms with Gasteiger partial charge in [-0.3, -0.25) is 4.90 Å². The van der Waals surface area contributed by atoms with Gasteiger partial charge >= 0.3 is 5.97 Å². The van der Waals surface area contributed by atoms with Crippen LogP contribution in [-0.2, 0) is 6.54 Å². The molecule has 106 valence electrons. The van der Waals surface area contributed by atoms with Crippen LogP contribution >= 0.6 is 11.3 Å². The lowest BCUT2D eigenvalue weighted by Gasteiger charge is -2.31. The van der Waals surface area contributed by atoms with Crippen molar-refractivity contribution < 1.29 is 9.90 Å². The molecule has 0 unspecified atom stereocenters. The largest absolute Gasteiger partial charge is 0.478 e. The normalized spacial score (nSPS) is 17.6. The Balaban J connectivity index is 1.77.